The van der Waals surface area contributed by atoms with Crippen LogP contribution in [0.25, 0.3) is 11.0 Å². The molecule has 1 aromatic carbocycles. The van der Waals surface area contributed by atoms with E-state index in [2.05, 4.69) is 0 Å². The SMILES string of the molecule is O=c1cc(C[NH+]2CCOCC2)c2cc(Cl)ccc2o1. The van der Waals surface area contributed by atoms with Gasteiger partial charge in [-0.25, -0.2) is 4.79 Å². The number of benzene rings is 1. The first-order valence-electron chi connectivity index (χ1n) is 6.36. The van der Waals surface area contributed by atoms with Gasteiger partial charge in [-0.05, 0) is 18.2 Å². The van der Waals surface area contributed by atoms with Crippen molar-refractivity contribution in [3.8, 4) is 0 Å². The average Bonchev–Trinajstić information content (AvgIpc) is 2.41. The number of nitrogens with one attached hydrogen (secondary N) is 1. The van der Waals surface area contributed by atoms with Gasteiger partial charge in [0.2, 0.25) is 0 Å². The molecule has 4 nitrogen and oxygen atoms in total. The summed E-state index contributed by atoms with van der Waals surface area (Å²) in [5.74, 6) is 0. The van der Waals surface area contributed by atoms with E-state index < -0.39 is 0 Å². The Labute approximate surface area is 115 Å². The summed E-state index contributed by atoms with van der Waals surface area (Å²) in [5.41, 5.74) is 1.28. The predicted molar refractivity (Wildman–Crippen MR) is 72.7 cm³/mol. The number of hydrogen-bond acceptors (Lipinski definition) is 3. The molecule has 0 saturated carbocycles. The van der Waals surface area contributed by atoms with Crippen molar-refractivity contribution < 1.29 is 14.1 Å². The van der Waals surface area contributed by atoms with Crippen LogP contribution in [0.2, 0.25) is 5.02 Å². The molecule has 0 radical (unpaired) electrons. The van der Waals surface area contributed by atoms with Crippen LogP contribution >= 0.6 is 11.6 Å². The first kappa shape index (κ1) is 12.7. The van der Waals surface area contributed by atoms with E-state index in [9.17, 15) is 4.79 Å². The van der Waals surface area contributed by atoms with Crippen molar-refractivity contribution in [2.75, 3.05) is 26.3 Å². The van der Waals surface area contributed by atoms with Crippen LogP contribution in [0.15, 0.2) is 33.5 Å². The summed E-state index contributed by atoms with van der Waals surface area (Å²) in [5, 5.41) is 1.57. The molecule has 0 atom stereocenters. The number of rotatable bonds is 2. The van der Waals surface area contributed by atoms with E-state index in [1.807, 2.05) is 6.07 Å². The molecule has 19 heavy (non-hydrogen) atoms. The van der Waals surface area contributed by atoms with Crippen LogP contribution in [0.1, 0.15) is 5.56 Å². The van der Waals surface area contributed by atoms with E-state index in [-0.39, 0.29) is 5.63 Å². The second kappa shape index (κ2) is 5.33. The molecule has 1 aliphatic rings. The number of hydrogen-bond donors (Lipinski definition) is 1. The number of fused-ring (bicyclic) bond motifs is 1. The molecule has 1 aromatic heterocycles. The molecule has 5 heteroatoms. The highest BCUT2D eigenvalue weighted by molar-refractivity contribution is 6.31. The second-order valence-electron chi connectivity index (χ2n) is 4.77. The standard InChI is InChI=1S/C14H14ClNO3/c15-11-1-2-13-12(8-11)10(7-14(17)19-13)9-16-3-5-18-6-4-16/h1-2,7-8H,3-6,9H2/p+1. The van der Waals surface area contributed by atoms with Crippen LogP contribution in [0.5, 0.6) is 0 Å². The Morgan fingerprint density at radius 2 is 2.00 bits per heavy atom. The summed E-state index contributed by atoms with van der Waals surface area (Å²) in [6, 6.07) is 6.91. The van der Waals surface area contributed by atoms with Gasteiger partial charge in [-0.15, -0.1) is 0 Å². The fraction of sp³-hybridized carbons (Fsp3) is 0.357. The van der Waals surface area contributed by atoms with E-state index in [0.29, 0.717) is 10.6 Å². The van der Waals surface area contributed by atoms with Crippen LogP contribution in [0.4, 0.5) is 0 Å². The molecular weight excluding hydrogens is 266 g/mol. The summed E-state index contributed by atoms with van der Waals surface area (Å²) in [4.78, 5) is 13.0. The minimum Gasteiger partial charge on any atom is -0.423 e. The summed E-state index contributed by atoms with van der Waals surface area (Å²) in [7, 11) is 0. The first-order chi connectivity index (χ1) is 9.22. The lowest BCUT2D eigenvalue weighted by atomic mass is 10.1. The van der Waals surface area contributed by atoms with Crippen molar-refractivity contribution in [3.63, 3.8) is 0 Å². The number of halogens is 1. The van der Waals surface area contributed by atoms with Gasteiger partial charge < -0.3 is 14.1 Å². The molecule has 100 valence electrons. The molecule has 3 rings (SSSR count). The first-order valence-corrected chi connectivity index (χ1v) is 6.74. The lowest BCUT2D eigenvalue weighted by molar-refractivity contribution is -0.921. The molecular formula is C14H15ClNO3+. The third kappa shape index (κ3) is 2.81. The van der Waals surface area contributed by atoms with Crippen LogP contribution in [-0.2, 0) is 11.3 Å². The van der Waals surface area contributed by atoms with Gasteiger partial charge in [-0.3, -0.25) is 0 Å². The Balaban J connectivity index is 2.00. The summed E-state index contributed by atoms with van der Waals surface area (Å²) < 4.78 is 10.5. The largest absolute Gasteiger partial charge is 0.423 e. The Morgan fingerprint density at radius 3 is 2.79 bits per heavy atom. The lowest BCUT2D eigenvalue weighted by Crippen LogP contribution is -3.12. The molecule has 2 heterocycles. The number of morpholine rings is 1. The Morgan fingerprint density at radius 1 is 1.21 bits per heavy atom. The maximum atomic E-state index is 11.6. The topological polar surface area (TPSA) is 43.9 Å². The van der Waals surface area contributed by atoms with Gasteiger partial charge in [0.05, 0.1) is 13.2 Å². The third-order valence-electron chi connectivity index (χ3n) is 3.43. The quantitative estimate of drug-likeness (QED) is 0.830. The Hall–Kier alpha value is -1.36. The molecule has 1 N–H and O–H groups in total. The van der Waals surface area contributed by atoms with Gasteiger partial charge >= 0.3 is 5.63 Å². The maximum Gasteiger partial charge on any atom is 0.336 e. The Kier molecular flexibility index (Phi) is 3.55. The highest BCUT2D eigenvalue weighted by Crippen LogP contribution is 2.21. The predicted octanol–water partition coefficient (Wildman–Crippen LogP) is 0.862. The maximum absolute atomic E-state index is 11.6. The summed E-state index contributed by atoms with van der Waals surface area (Å²) in [6.07, 6.45) is 0. The van der Waals surface area contributed by atoms with Crippen LogP contribution in [-0.4, -0.2) is 26.3 Å². The van der Waals surface area contributed by atoms with E-state index in [1.54, 1.807) is 18.2 Å². The van der Waals surface area contributed by atoms with Crippen molar-refractivity contribution >= 4 is 22.6 Å². The minimum atomic E-state index is -0.308. The van der Waals surface area contributed by atoms with Crippen LogP contribution < -0.4 is 10.5 Å². The van der Waals surface area contributed by atoms with Crippen molar-refractivity contribution in [3.05, 3.63) is 45.3 Å². The third-order valence-corrected chi connectivity index (χ3v) is 3.67. The molecule has 1 saturated heterocycles. The highest BCUT2D eigenvalue weighted by atomic mass is 35.5. The normalized spacial score (nSPS) is 16.9. The number of quaternary nitrogens is 1. The average molecular weight is 281 g/mol. The molecule has 0 spiro atoms. The van der Waals surface area contributed by atoms with Gasteiger partial charge in [-0.1, -0.05) is 11.6 Å². The van der Waals surface area contributed by atoms with Gasteiger partial charge in [0.25, 0.3) is 0 Å². The van der Waals surface area contributed by atoms with E-state index in [4.69, 9.17) is 20.8 Å². The van der Waals surface area contributed by atoms with Gasteiger partial charge in [-0.2, -0.15) is 0 Å². The van der Waals surface area contributed by atoms with E-state index in [0.717, 1.165) is 43.8 Å². The smallest absolute Gasteiger partial charge is 0.336 e. The highest BCUT2D eigenvalue weighted by Gasteiger charge is 2.17. The molecule has 0 unspecified atom stereocenters. The fourth-order valence-electron chi connectivity index (χ4n) is 2.45. The zero-order valence-corrected chi connectivity index (χ0v) is 11.2. The van der Waals surface area contributed by atoms with Gasteiger partial charge in [0.1, 0.15) is 25.2 Å². The molecule has 0 amide bonds. The minimum absolute atomic E-state index is 0.308. The number of ether oxygens (including phenoxy) is 1. The van der Waals surface area contributed by atoms with Crippen molar-refractivity contribution in [2.45, 2.75) is 6.54 Å². The molecule has 0 aliphatic carbocycles. The van der Waals surface area contributed by atoms with Crippen LogP contribution in [0.3, 0.4) is 0 Å². The molecule has 1 aliphatic heterocycles. The molecule has 2 aromatic rings. The monoisotopic (exact) mass is 280 g/mol. The Bertz CT molecular complexity index is 647. The van der Waals surface area contributed by atoms with Crippen molar-refractivity contribution in [1.29, 1.82) is 0 Å². The van der Waals surface area contributed by atoms with E-state index >= 15 is 0 Å². The lowest BCUT2D eigenvalue weighted by Gasteiger charge is -2.24. The summed E-state index contributed by atoms with van der Waals surface area (Å²) in [6.45, 7) is 4.27. The fourth-order valence-corrected chi connectivity index (χ4v) is 2.62. The molecule has 1 fully saturated rings. The van der Waals surface area contributed by atoms with Crippen LogP contribution in [0, 0.1) is 0 Å². The second-order valence-corrected chi connectivity index (χ2v) is 5.21. The molecule has 0 bridgehead atoms. The van der Waals surface area contributed by atoms with Gasteiger partial charge in [0.15, 0.2) is 0 Å². The zero-order valence-electron chi connectivity index (χ0n) is 10.4. The van der Waals surface area contributed by atoms with Crippen molar-refractivity contribution in [1.82, 2.24) is 0 Å². The van der Waals surface area contributed by atoms with E-state index in [1.165, 1.54) is 4.90 Å². The van der Waals surface area contributed by atoms with Gasteiger partial charge in [0, 0.05) is 22.0 Å². The summed E-state index contributed by atoms with van der Waals surface area (Å²) >= 11 is 6.03. The zero-order chi connectivity index (χ0) is 13.2. The van der Waals surface area contributed by atoms with Crippen molar-refractivity contribution in [2.24, 2.45) is 0 Å².